The lowest BCUT2D eigenvalue weighted by atomic mass is 9.63. The van der Waals surface area contributed by atoms with Crippen LogP contribution in [-0.2, 0) is 0 Å². The number of rotatable bonds is 3. The molecule has 2 unspecified atom stereocenters. The summed E-state index contributed by atoms with van der Waals surface area (Å²) in [5.41, 5.74) is 1.40. The fraction of sp³-hybridized carbons (Fsp3) is 0.565. The largest absolute Gasteiger partial charge is 0.494 e. The Hall–Kier alpha value is -1.57. The Morgan fingerprint density at radius 1 is 1.00 bits per heavy atom. The number of benzene rings is 2. The predicted octanol–water partition coefficient (Wildman–Crippen LogP) is 6.70. The van der Waals surface area contributed by atoms with Crippen LogP contribution < -0.4 is 4.74 Å². The molecular weight excluding hydrogens is 311 g/mol. The maximum atomic E-state index is 14.4. The minimum Gasteiger partial charge on any atom is -0.494 e. The first-order valence-corrected chi connectivity index (χ1v) is 9.95. The van der Waals surface area contributed by atoms with Crippen molar-refractivity contribution < 1.29 is 9.13 Å². The second kappa shape index (κ2) is 6.97. The summed E-state index contributed by atoms with van der Waals surface area (Å²) in [4.78, 5) is 0. The van der Waals surface area contributed by atoms with E-state index >= 15 is 0 Å². The van der Waals surface area contributed by atoms with Gasteiger partial charge in [0.25, 0.3) is 0 Å². The van der Waals surface area contributed by atoms with Gasteiger partial charge in [0.15, 0.2) is 11.6 Å². The van der Waals surface area contributed by atoms with Gasteiger partial charge in [-0.05, 0) is 72.8 Å². The first kappa shape index (κ1) is 16.9. The normalized spacial score (nSPS) is 29.4. The van der Waals surface area contributed by atoms with Crippen molar-refractivity contribution in [1.82, 2.24) is 0 Å². The molecule has 0 amide bonds. The quantitative estimate of drug-likeness (QED) is 0.604. The van der Waals surface area contributed by atoms with Crippen molar-refractivity contribution in [3.8, 4) is 5.75 Å². The molecule has 2 aliphatic rings. The van der Waals surface area contributed by atoms with Crippen LogP contribution in [0.25, 0.3) is 10.8 Å². The van der Waals surface area contributed by atoms with E-state index in [4.69, 9.17) is 4.74 Å². The zero-order valence-electron chi connectivity index (χ0n) is 15.4. The Labute approximate surface area is 150 Å². The summed E-state index contributed by atoms with van der Waals surface area (Å²) < 4.78 is 19.5. The second-order valence-corrected chi connectivity index (χ2v) is 8.18. The minimum atomic E-state index is -0.242. The van der Waals surface area contributed by atoms with Gasteiger partial charge in [-0.3, -0.25) is 0 Å². The summed E-state index contributed by atoms with van der Waals surface area (Å²) in [5, 5.41) is 1.66. The fourth-order valence-corrected chi connectivity index (χ4v) is 5.36. The zero-order valence-corrected chi connectivity index (χ0v) is 15.4. The third-order valence-electron chi connectivity index (χ3n) is 6.93. The third-order valence-corrected chi connectivity index (χ3v) is 6.93. The molecule has 2 aliphatic carbocycles. The van der Waals surface area contributed by atoms with Crippen molar-refractivity contribution in [2.24, 2.45) is 17.8 Å². The van der Waals surface area contributed by atoms with E-state index in [1.165, 1.54) is 57.6 Å². The summed E-state index contributed by atoms with van der Waals surface area (Å²) in [6, 6.07) is 10.0. The molecule has 1 nitrogen and oxygen atoms in total. The van der Waals surface area contributed by atoms with E-state index in [0.717, 1.165) is 23.1 Å². The molecule has 2 aromatic carbocycles. The lowest BCUT2D eigenvalue weighted by Gasteiger charge is -2.42. The highest BCUT2D eigenvalue weighted by Crippen LogP contribution is 2.48. The molecule has 0 N–H and O–H groups in total. The summed E-state index contributed by atoms with van der Waals surface area (Å²) >= 11 is 0. The summed E-state index contributed by atoms with van der Waals surface area (Å²) in [6.07, 6.45) is 9.64. The van der Waals surface area contributed by atoms with E-state index in [1.54, 1.807) is 6.07 Å². The van der Waals surface area contributed by atoms with Crippen LogP contribution in [-0.4, -0.2) is 7.11 Å². The molecule has 134 valence electrons. The Morgan fingerprint density at radius 2 is 1.80 bits per heavy atom. The lowest BCUT2D eigenvalue weighted by Crippen LogP contribution is -2.30. The smallest absolute Gasteiger partial charge is 0.172 e. The second-order valence-electron chi connectivity index (χ2n) is 8.18. The molecule has 2 heteroatoms. The van der Waals surface area contributed by atoms with Crippen LogP contribution in [0.1, 0.15) is 63.4 Å². The van der Waals surface area contributed by atoms with E-state index < -0.39 is 0 Å². The Morgan fingerprint density at radius 3 is 2.60 bits per heavy atom. The van der Waals surface area contributed by atoms with Crippen LogP contribution in [0.5, 0.6) is 5.75 Å². The molecule has 0 saturated heterocycles. The van der Waals surface area contributed by atoms with Gasteiger partial charge in [0.05, 0.1) is 7.11 Å². The van der Waals surface area contributed by atoms with Crippen LogP contribution in [0.4, 0.5) is 4.39 Å². The standard InChI is InChI=1S/C23H29FO/c1-3-15-4-5-17-13-18(7-6-16(17)12-15)19-8-10-21-20(14-19)9-11-22(25-2)23(21)24/h8-11,14-18H,3-7,12-13H2,1-2H3/t15?,16-,17?,18-/m1/s1. The maximum Gasteiger partial charge on any atom is 0.172 e. The molecule has 4 rings (SSSR count). The predicted molar refractivity (Wildman–Crippen MR) is 102 cm³/mol. The van der Waals surface area contributed by atoms with E-state index in [2.05, 4.69) is 19.1 Å². The average molecular weight is 340 g/mol. The maximum absolute atomic E-state index is 14.4. The van der Waals surface area contributed by atoms with Crippen LogP contribution in [0.15, 0.2) is 30.3 Å². The monoisotopic (exact) mass is 340 g/mol. The number of hydrogen-bond donors (Lipinski definition) is 0. The Kier molecular flexibility index (Phi) is 4.71. The fourth-order valence-electron chi connectivity index (χ4n) is 5.36. The molecule has 2 fully saturated rings. The lowest BCUT2D eigenvalue weighted by molar-refractivity contribution is 0.116. The number of halogens is 1. The number of methoxy groups -OCH3 is 1. The molecule has 2 aromatic rings. The SMILES string of the molecule is CCC1CCC2C[C@H](c3ccc4c(F)c(OC)ccc4c3)CC[C@@H]2C1. The molecule has 0 spiro atoms. The van der Waals surface area contributed by atoms with Crippen molar-refractivity contribution in [3.63, 3.8) is 0 Å². The third kappa shape index (κ3) is 3.16. The molecule has 0 radical (unpaired) electrons. The Bertz CT molecular complexity index is 753. The molecular formula is C23H29FO. The van der Waals surface area contributed by atoms with Crippen molar-refractivity contribution in [3.05, 3.63) is 41.7 Å². The highest BCUT2D eigenvalue weighted by Gasteiger charge is 2.35. The highest BCUT2D eigenvalue weighted by molar-refractivity contribution is 5.85. The molecule has 4 atom stereocenters. The molecule has 2 saturated carbocycles. The van der Waals surface area contributed by atoms with Gasteiger partial charge in [0, 0.05) is 5.39 Å². The van der Waals surface area contributed by atoms with Crippen LogP contribution in [0, 0.1) is 23.6 Å². The van der Waals surface area contributed by atoms with E-state index in [9.17, 15) is 4.39 Å². The topological polar surface area (TPSA) is 9.23 Å². The van der Waals surface area contributed by atoms with Gasteiger partial charge in [-0.1, -0.05) is 44.0 Å². The van der Waals surface area contributed by atoms with Crippen molar-refractivity contribution in [2.45, 2.75) is 57.8 Å². The average Bonchev–Trinajstić information content (AvgIpc) is 2.67. The summed E-state index contributed by atoms with van der Waals surface area (Å²) in [5.74, 6) is 3.56. The number of fused-ring (bicyclic) bond motifs is 2. The van der Waals surface area contributed by atoms with Crippen LogP contribution in [0.2, 0.25) is 0 Å². The van der Waals surface area contributed by atoms with E-state index in [1.807, 2.05) is 12.1 Å². The molecule has 0 bridgehead atoms. The number of hydrogen-bond acceptors (Lipinski definition) is 1. The Balaban J connectivity index is 1.55. The molecule has 0 aliphatic heterocycles. The zero-order chi connectivity index (χ0) is 17.4. The van der Waals surface area contributed by atoms with Gasteiger partial charge in [0.1, 0.15) is 0 Å². The van der Waals surface area contributed by atoms with Gasteiger partial charge in [0.2, 0.25) is 0 Å². The van der Waals surface area contributed by atoms with E-state index in [-0.39, 0.29) is 5.82 Å². The molecule has 0 heterocycles. The van der Waals surface area contributed by atoms with Gasteiger partial charge >= 0.3 is 0 Å². The molecule has 25 heavy (non-hydrogen) atoms. The first-order chi connectivity index (χ1) is 12.2. The van der Waals surface area contributed by atoms with Crippen molar-refractivity contribution >= 4 is 10.8 Å². The molecule has 0 aromatic heterocycles. The van der Waals surface area contributed by atoms with Crippen LogP contribution in [0.3, 0.4) is 0 Å². The van der Waals surface area contributed by atoms with E-state index in [0.29, 0.717) is 17.1 Å². The van der Waals surface area contributed by atoms with Gasteiger partial charge < -0.3 is 4.74 Å². The first-order valence-electron chi connectivity index (χ1n) is 9.95. The number of ether oxygens (including phenoxy) is 1. The summed E-state index contributed by atoms with van der Waals surface area (Å²) in [6.45, 7) is 2.35. The van der Waals surface area contributed by atoms with Gasteiger partial charge in [-0.25, -0.2) is 4.39 Å². The van der Waals surface area contributed by atoms with Gasteiger partial charge in [-0.15, -0.1) is 0 Å². The van der Waals surface area contributed by atoms with Crippen molar-refractivity contribution in [2.75, 3.05) is 7.11 Å². The highest BCUT2D eigenvalue weighted by atomic mass is 19.1. The summed E-state index contributed by atoms with van der Waals surface area (Å²) in [7, 11) is 1.52. The minimum absolute atomic E-state index is 0.242. The van der Waals surface area contributed by atoms with Gasteiger partial charge in [-0.2, -0.15) is 0 Å². The van der Waals surface area contributed by atoms with Crippen molar-refractivity contribution in [1.29, 1.82) is 0 Å². The van der Waals surface area contributed by atoms with Crippen LogP contribution >= 0.6 is 0 Å².